The summed E-state index contributed by atoms with van der Waals surface area (Å²) in [5, 5.41) is 37.6. The van der Waals surface area contributed by atoms with Crippen LogP contribution in [0.1, 0.15) is 12.8 Å². The fourth-order valence-corrected chi connectivity index (χ4v) is 1.70. The van der Waals surface area contributed by atoms with Crippen molar-refractivity contribution in [1.29, 1.82) is 0 Å². The molecule has 1 rings (SSSR count). The maximum atomic E-state index is 11.4. The summed E-state index contributed by atoms with van der Waals surface area (Å²) in [6.45, 7) is -0.808. The summed E-state index contributed by atoms with van der Waals surface area (Å²) in [6, 6.07) is 0. The Kier molecular flexibility index (Phi) is 6.46. The number of carbonyl (C=O) groups is 2. The zero-order valence-corrected chi connectivity index (χ0v) is 10.7. The second kappa shape index (κ2) is 7.62. The van der Waals surface area contributed by atoms with Gasteiger partial charge in [0.1, 0.15) is 30.2 Å². The first-order valence-corrected chi connectivity index (χ1v) is 6.12. The van der Waals surface area contributed by atoms with Crippen molar-refractivity contribution in [1.82, 2.24) is 0 Å². The molecule has 5 unspecified atom stereocenters. The maximum Gasteiger partial charge on any atom is 0.308 e. The molecule has 0 spiro atoms. The molecule has 0 saturated carbocycles. The van der Waals surface area contributed by atoms with Crippen molar-refractivity contribution in [3.63, 3.8) is 0 Å². The van der Waals surface area contributed by atoms with Crippen LogP contribution < -0.4 is 5.73 Å². The minimum atomic E-state index is -1.65. The summed E-state index contributed by atoms with van der Waals surface area (Å²) < 4.78 is 9.73. The molecular weight excluding hydrogens is 274 g/mol. The van der Waals surface area contributed by atoms with Crippen LogP contribution in [0.3, 0.4) is 0 Å². The van der Waals surface area contributed by atoms with Crippen LogP contribution in [-0.4, -0.2) is 76.0 Å². The van der Waals surface area contributed by atoms with E-state index in [-0.39, 0.29) is 25.2 Å². The predicted molar refractivity (Wildman–Crippen MR) is 63.2 cm³/mol. The highest BCUT2D eigenvalue weighted by Gasteiger charge is 2.45. The molecule has 1 aliphatic rings. The van der Waals surface area contributed by atoms with Crippen LogP contribution in [0, 0.1) is 0 Å². The first kappa shape index (κ1) is 17.0. The van der Waals surface area contributed by atoms with Crippen molar-refractivity contribution in [3.8, 4) is 0 Å². The third-order valence-electron chi connectivity index (χ3n) is 2.93. The van der Waals surface area contributed by atoms with E-state index in [4.69, 9.17) is 20.3 Å². The van der Waals surface area contributed by atoms with Gasteiger partial charge in [-0.25, -0.2) is 0 Å². The fourth-order valence-electron chi connectivity index (χ4n) is 1.70. The van der Waals surface area contributed by atoms with Gasteiger partial charge in [0.05, 0.1) is 19.6 Å². The van der Waals surface area contributed by atoms with E-state index in [2.05, 4.69) is 0 Å². The lowest BCUT2D eigenvalue weighted by molar-refractivity contribution is -0.292. The molecule has 9 heteroatoms. The van der Waals surface area contributed by atoms with E-state index in [0.717, 1.165) is 0 Å². The molecule has 5 atom stereocenters. The second-order valence-corrected chi connectivity index (χ2v) is 4.43. The topological polar surface area (TPSA) is 160 Å². The average molecular weight is 293 g/mol. The summed E-state index contributed by atoms with van der Waals surface area (Å²) in [4.78, 5) is 22.4. The van der Waals surface area contributed by atoms with Crippen LogP contribution in [-0.2, 0) is 19.1 Å². The number of esters is 1. The Hall–Kier alpha value is -1.10. The SMILES string of the molecule is NCC(=O)CCC(=O)OC1OC(CO)C(O)C(O)C1O. The number of rotatable bonds is 6. The Balaban J connectivity index is 2.53. The van der Waals surface area contributed by atoms with Crippen molar-refractivity contribution < 1.29 is 39.5 Å². The first-order valence-electron chi connectivity index (χ1n) is 6.12. The zero-order valence-electron chi connectivity index (χ0n) is 10.7. The predicted octanol–water partition coefficient (Wildman–Crippen LogP) is -3.36. The monoisotopic (exact) mass is 293 g/mol. The van der Waals surface area contributed by atoms with Gasteiger partial charge in [0, 0.05) is 6.42 Å². The van der Waals surface area contributed by atoms with E-state index < -0.39 is 43.3 Å². The Morgan fingerprint density at radius 2 is 1.75 bits per heavy atom. The van der Waals surface area contributed by atoms with Crippen LogP contribution in [0.15, 0.2) is 0 Å². The van der Waals surface area contributed by atoms with E-state index in [1.54, 1.807) is 0 Å². The molecule has 116 valence electrons. The molecule has 20 heavy (non-hydrogen) atoms. The standard InChI is InChI=1S/C11H19NO8/c12-3-5(14)1-2-7(15)20-11-10(18)9(17)8(16)6(4-13)19-11/h6,8-11,13,16-18H,1-4,12H2. The van der Waals surface area contributed by atoms with Gasteiger partial charge in [0.15, 0.2) is 0 Å². The normalized spacial score (nSPS) is 33.8. The summed E-state index contributed by atoms with van der Waals surface area (Å²) in [7, 11) is 0. The zero-order chi connectivity index (χ0) is 15.3. The Morgan fingerprint density at radius 3 is 2.30 bits per heavy atom. The second-order valence-electron chi connectivity index (χ2n) is 4.43. The van der Waals surface area contributed by atoms with Gasteiger partial charge in [-0.15, -0.1) is 0 Å². The van der Waals surface area contributed by atoms with Gasteiger partial charge in [-0.3, -0.25) is 9.59 Å². The van der Waals surface area contributed by atoms with Crippen LogP contribution in [0.2, 0.25) is 0 Å². The Labute approximate surface area is 114 Å². The fraction of sp³-hybridized carbons (Fsp3) is 0.818. The smallest absolute Gasteiger partial charge is 0.308 e. The molecule has 1 fully saturated rings. The first-order chi connectivity index (χ1) is 9.40. The number of Topliss-reactive ketones (excluding diaryl/α,β-unsaturated/α-hetero) is 1. The lowest BCUT2D eigenvalue weighted by atomic mass is 9.99. The van der Waals surface area contributed by atoms with Gasteiger partial charge < -0.3 is 35.6 Å². The molecule has 1 aliphatic heterocycles. The summed E-state index contributed by atoms with van der Waals surface area (Å²) >= 11 is 0. The highest BCUT2D eigenvalue weighted by Crippen LogP contribution is 2.22. The van der Waals surface area contributed by atoms with Gasteiger partial charge in [-0.05, 0) is 0 Å². The van der Waals surface area contributed by atoms with Gasteiger partial charge >= 0.3 is 5.97 Å². The number of aliphatic hydroxyl groups excluding tert-OH is 4. The molecule has 0 radical (unpaired) electrons. The number of ketones is 1. The van der Waals surface area contributed by atoms with Crippen LogP contribution in [0.25, 0.3) is 0 Å². The molecular formula is C11H19NO8. The van der Waals surface area contributed by atoms with Crippen molar-refractivity contribution in [2.75, 3.05) is 13.2 Å². The summed E-state index contributed by atoms with van der Waals surface area (Å²) in [5.74, 6) is -1.15. The van der Waals surface area contributed by atoms with E-state index in [1.807, 2.05) is 0 Å². The molecule has 1 heterocycles. The minimum Gasteiger partial charge on any atom is -0.433 e. The van der Waals surface area contributed by atoms with Crippen molar-refractivity contribution in [3.05, 3.63) is 0 Å². The number of hydrogen-bond acceptors (Lipinski definition) is 9. The largest absolute Gasteiger partial charge is 0.433 e. The molecule has 1 saturated heterocycles. The Morgan fingerprint density at radius 1 is 1.10 bits per heavy atom. The molecule has 0 aromatic carbocycles. The molecule has 9 nitrogen and oxygen atoms in total. The quantitative estimate of drug-likeness (QED) is 0.315. The van der Waals surface area contributed by atoms with E-state index in [9.17, 15) is 24.9 Å². The highest BCUT2D eigenvalue weighted by atomic mass is 16.7. The minimum absolute atomic E-state index is 0.104. The molecule has 0 aromatic rings. The molecule has 0 bridgehead atoms. The number of aliphatic hydroxyl groups is 4. The van der Waals surface area contributed by atoms with Crippen molar-refractivity contribution in [2.45, 2.75) is 43.5 Å². The molecule has 6 N–H and O–H groups in total. The number of hydrogen-bond donors (Lipinski definition) is 5. The third-order valence-corrected chi connectivity index (χ3v) is 2.93. The molecule has 0 amide bonds. The average Bonchev–Trinajstić information content (AvgIpc) is 2.45. The number of nitrogens with two attached hydrogens (primary N) is 1. The van der Waals surface area contributed by atoms with Crippen molar-refractivity contribution >= 4 is 11.8 Å². The van der Waals surface area contributed by atoms with Crippen molar-refractivity contribution in [2.24, 2.45) is 5.73 Å². The summed E-state index contributed by atoms with van der Waals surface area (Å²) in [5.41, 5.74) is 5.08. The van der Waals surface area contributed by atoms with E-state index in [1.165, 1.54) is 0 Å². The van der Waals surface area contributed by atoms with Crippen LogP contribution in [0.4, 0.5) is 0 Å². The summed E-state index contributed by atoms with van der Waals surface area (Å²) in [6.07, 6.45) is -7.82. The lowest BCUT2D eigenvalue weighted by Gasteiger charge is -2.39. The maximum absolute atomic E-state index is 11.4. The highest BCUT2D eigenvalue weighted by molar-refractivity contribution is 5.84. The number of carbonyl (C=O) groups excluding carboxylic acids is 2. The van der Waals surface area contributed by atoms with Crippen LogP contribution in [0.5, 0.6) is 0 Å². The molecule has 0 aromatic heterocycles. The number of ether oxygens (including phenoxy) is 2. The van der Waals surface area contributed by atoms with Crippen LogP contribution >= 0.6 is 0 Å². The van der Waals surface area contributed by atoms with Gasteiger partial charge in [0.2, 0.25) is 6.29 Å². The molecule has 0 aliphatic carbocycles. The Bertz CT molecular complexity index is 347. The lowest BCUT2D eigenvalue weighted by Crippen LogP contribution is -2.59. The van der Waals surface area contributed by atoms with E-state index >= 15 is 0 Å². The van der Waals surface area contributed by atoms with Gasteiger partial charge in [0.25, 0.3) is 0 Å². The third kappa shape index (κ3) is 4.20. The van der Waals surface area contributed by atoms with Gasteiger partial charge in [-0.2, -0.15) is 0 Å². The van der Waals surface area contributed by atoms with E-state index in [0.29, 0.717) is 0 Å². The van der Waals surface area contributed by atoms with Gasteiger partial charge in [-0.1, -0.05) is 0 Å².